The number of hydrogen-bond acceptors (Lipinski definition) is 3. The predicted octanol–water partition coefficient (Wildman–Crippen LogP) is 2.32. The second-order valence-electron chi connectivity index (χ2n) is 3.39. The van der Waals surface area contributed by atoms with Gasteiger partial charge < -0.3 is 9.84 Å². The largest absolute Gasteiger partial charge is 0.469 e. The highest BCUT2D eigenvalue weighted by molar-refractivity contribution is 6.31. The summed E-state index contributed by atoms with van der Waals surface area (Å²) in [6.07, 6.45) is -1.32. The third-order valence-electron chi connectivity index (χ3n) is 2.34. The van der Waals surface area contributed by atoms with E-state index >= 15 is 0 Å². The van der Waals surface area contributed by atoms with Gasteiger partial charge in [-0.3, -0.25) is 4.79 Å². The lowest BCUT2D eigenvalue weighted by Gasteiger charge is -2.18. The standard InChI is InChI=1S/C11H12ClFO3/c1-6(11(15)16-2)10(14)9-7(12)4-3-5-8(9)13/h3-6,10,14H,1-2H3. The lowest BCUT2D eigenvalue weighted by atomic mass is 9.97. The maximum Gasteiger partial charge on any atom is 0.311 e. The Hall–Kier alpha value is -1.13. The van der Waals surface area contributed by atoms with E-state index in [4.69, 9.17) is 11.6 Å². The summed E-state index contributed by atoms with van der Waals surface area (Å²) in [5, 5.41) is 9.91. The van der Waals surface area contributed by atoms with Crippen LogP contribution in [0.1, 0.15) is 18.6 Å². The molecule has 16 heavy (non-hydrogen) atoms. The molecule has 5 heteroatoms. The van der Waals surface area contributed by atoms with Gasteiger partial charge >= 0.3 is 5.97 Å². The van der Waals surface area contributed by atoms with Crippen LogP contribution in [0.25, 0.3) is 0 Å². The van der Waals surface area contributed by atoms with Gasteiger partial charge in [0.1, 0.15) is 5.82 Å². The van der Waals surface area contributed by atoms with Crippen molar-refractivity contribution in [2.24, 2.45) is 5.92 Å². The van der Waals surface area contributed by atoms with E-state index in [1.165, 1.54) is 32.2 Å². The van der Waals surface area contributed by atoms with E-state index < -0.39 is 23.8 Å². The van der Waals surface area contributed by atoms with Gasteiger partial charge in [-0.05, 0) is 19.1 Å². The summed E-state index contributed by atoms with van der Waals surface area (Å²) in [6.45, 7) is 1.44. The average Bonchev–Trinajstić information content (AvgIpc) is 2.26. The van der Waals surface area contributed by atoms with Crippen molar-refractivity contribution in [1.29, 1.82) is 0 Å². The Morgan fingerprint density at radius 1 is 1.56 bits per heavy atom. The third kappa shape index (κ3) is 2.51. The molecule has 88 valence electrons. The van der Waals surface area contributed by atoms with Gasteiger partial charge in [0.2, 0.25) is 0 Å². The highest BCUT2D eigenvalue weighted by Gasteiger charge is 2.28. The minimum atomic E-state index is -1.32. The van der Waals surface area contributed by atoms with Crippen LogP contribution < -0.4 is 0 Å². The molecule has 0 saturated heterocycles. The fourth-order valence-corrected chi connectivity index (χ4v) is 1.63. The van der Waals surface area contributed by atoms with Crippen molar-refractivity contribution >= 4 is 17.6 Å². The SMILES string of the molecule is COC(=O)C(C)C(O)c1c(F)cccc1Cl. The molecule has 0 aromatic heterocycles. The van der Waals surface area contributed by atoms with E-state index in [0.717, 1.165) is 0 Å². The first-order chi connectivity index (χ1) is 7.49. The van der Waals surface area contributed by atoms with Crippen molar-refractivity contribution in [3.8, 4) is 0 Å². The Morgan fingerprint density at radius 3 is 2.69 bits per heavy atom. The van der Waals surface area contributed by atoms with E-state index in [1.54, 1.807) is 0 Å². The van der Waals surface area contributed by atoms with Crippen LogP contribution in [0.2, 0.25) is 5.02 Å². The maximum absolute atomic E-state index is 13.4. The van der Waals surface area contributed by atoms with Crippen LogP contribution in [-0.2, 0) is 9.53 Å². The monoisotopic (exact) mass is 246 g/mol. The fourth-order valence-electron chi connectivity index (χ4n) is 1.36. The quantitative estimate of drug-likeness (QED) is 0.833. The summed E-state index contributed by atoms with van der Waals surface area (Å²) in [5.74, 6) is -2.14. The van der Waals surface area contributed by atoms with Gasteiger partial charge in [-0.15, -0.1) is 0 Å². The number of hydrogen-bond donors (Lipinski definition) is 1. The molecule has 0 aliphatic rings. The van der Waals surface area contributed by atoms with Crippen LogP contribution in [0.4, 0.5) is 4.39 Å². The molecule has 2 atom stereocenters. The average molecular weight is 247 g/mol. The summed E-state index contributed by atoms with van der Waals surface area (Å²) in [5.41, 5.74) is -0.0814. The number of rotatable bonds is 3. The molecule has 0 fully saturated rings. The van der Waals surface area contributed by atoms with E-state index in [0.29, 0.717) is 0 Å². The molecule has 0 aliphatic heterocycles. The Kier molecular flexibility index (Phi) is 4.26. The lowest BCUT2D eigenvalue weighted by molar-refractivity contribution is -0.148. The minimum Gasteiger partial charge on any atom is -0.469 e. The number of aliphatic hydroxyl groups excluding tert-OH is 1. The summed E-state index contributed by atoms with van der Waals surface area (Å²) in [6, 6.07) is 4.05. The minimum absolute atomic E-state index is 0.0814. The van der Waals surface area contributed by atoms with Gasteiger partial charge in [0, 0.05) is 10.6 Å². The topological polar surface area (TPSA) is 46.5 Å². The first kappa shape index (κ1) is 12.9. The molecule has 0 spiro atoms. The Balaban J connectivity index is 3.04. The van der Waals surface area contributed by atoms with Crippen molar-refractivity contribution < 1.29 is 19.0 Å². The molecular formula is C11H12ClFO3. The molecule has 0 aliphatic carbocycles. The second-order valence-corrected chi connectivity index (χ2v) is 3.80. The zero-order valence-corrected chi connectivity index (χ0v) is 9.66. The normalized spacial score (nSPS) is 14.3. The zero-order valence-electron chi connectivity index (χ0n) is 8.91. The number of carbonyl (C=O) groups excluding carboxylic acids is 1. The van der Waals surface area contributed by atoms with Crippen LogP contribution in [0, 0.1) is 11.7 Å². The van der Waals surface area contributed by atoms with Gasteiger partial charge in [0.25, 0.3) is 0 Å². The highest BCUT2D eigenvalue weighted by atomic mass is 35.5. The molecule has 3 nitrogen and oxygen atoms in total. The molecule has 0 radical (unpaired) electrons. The molecule has 1 rings (SSSR count). The van der Waals surface area contributed by atoms with Crippen LogP contribution >= 0.6 is 11.6 Å². The lowest BCUT2D eigenvalue weighted by Crippen LogP contribution is -2.21. The van der Waals surface area contributed by atoms with E-state index in [2.05, 4.69) is 4.74 Å². The molecule has 2 unspecified atom stereocenters. The number of carbonyl (C=O) groups is 1. The third-order valence-corrected chi connectivity index (χ3v) is 2.67. The second kappa shape index (κ2) is 5.27. The van der Waals surface area contributed by atoms with Crippen molar-refractivity contribution in [2.75, 3.05) is 7.11 Å². The zero-order chi connectivity index (χ0) is 12.3. The van der Waals surface area contributed by atoms with Gasteiger partial charge in [0.05, 0.1) is 19.1 Å². The molecule has 0 bridgehead atoms. The first-order valence-corrected chi connectivity index (χ1v) is 5.06. The molecular weight excluding hydrogens is 235 g/mol. The molecule has 0 heterocycles. The van der Waals surface area contributed by atoms with Gasteiger partial charge in [-0.2, -0.15) is 0 Å². The summed E-state index contributed by atoms with van der Waals surface area (Å²) in [4.78, 5) is 11.2. The van der Waals surface area contributed by atoms with E-state index in [-0.39, 0.29) is 10.6 Å². The summed E-state index contributed by atoms with van der Waals surface area (Å²) in [7, 11) is 1.20. The summed E-state index contributed by atoms with van der Waals surface area (Å²) >= 11 is 5.76. The van der Waals surface area contributed by atoms with E-state index in [9.17, 15) is 14.3 Å². The maximum atomic E-state index is 13.4. The number of halogens is 2. The Bertz CT molecular complexity index is 375. The number of esters is 1. The van der Waals surface area contributed by atoms with Crippen molar-refractivity contribution in [1.82, 2.24) is 0 Å². The van der Waals surface area contributed by atoms with Gasteiger partial charge in [-0.1, -0.05) is 17.7 Å². The Labute approximate surface area is 97.8 Å². The summed E-state index contributed by atoms with van der Waals surface area (Å²) < 4.78 is 17.9. The van der Waals surface area contributed by atoms with Gasteiger partial charge in [-0.25, -0.2) is 4.39 Å². The highest BCUT2D eigenvalue weighted by Crippen LogP contribution is 2.30. The Morgan fingerprint density at radius 2 is 2.19 bits per heavy atom. The van der Waals surface area contributed by atoms with Crippen LogP contribution in [0.5, 0.6) is 0 Å². The molecule has 1 aromatic carbocycles. The van der Waals surface area contributed by atoms with Crippen LogP contribution in [0.3, 0.4) is 0 Å². The molecule has 1 aromatic rings. The first-order valence-electron chi connectivity index (χ1n) is 4.68. The molecule has 1 N–H and O–H groups in total. The number of ether oxygens (including phenoxy) is 1. The van der Waals surface area contributed by atoms with Crippen molar-refractivity contribution in [2.45, 2.75) is 13.0 Å². The molecule has 0 saturated carbocycles. The number of benzene rings is 1. The predicted molar refractivity (Wildman–Crippen MR) is 57.5 cm³/mol. The van der Waals surface area contributed by atoms with Crippen molar-refractivity contribution in [3.05, 3.63) is 34.6 Å². The number of methoxy groups -OCH3 is 1. The van der Waals surface area contributed by atoms with Gasteiger partial charge in [0.15, 0.2) is 0 Å². The van der Waals surface area contributed by atoms with Crippen molar-refractivity contribution in [3.63, 3.8) is 0 Å². The van der Waals surface area contributed by atoms with E-state index in [1.807, 2.05) is 0 Å². The fraction of sp³-hybridized carbons (Fsp3) is 0.364. The van der Waals surface area contributed by atoms with Crippen LogP contribution in [0.15, 0.2) is 18.2 Å². The molecule has 0 amide bonds. The smallest absolute Gasteiger partial charge is 0.311 e. The van der Waals surface area contributed by atoms with Crippen LogP contribution in [-0.4, -0.2) is 18.2 Å². The number of aliphatic hydroxyl groups is 1.